The van der Waals surface area contributed by atoms with Crippen molar-refractivity contribution in [2.75, 3.05) is 12.0 Å². The zero-order valence-corrected chi connectivity index (χ0v) is 13.5. The van der Waals surface area contributed by atoms with Gasteiger partial charge in [0, 0.05) is 5.69 Å². The number of hydrogen-bond donors (Lipinski definition) is 0. The number of carbonyl (C=O) groups is 1. The van der Waals surface area contributed by atoms with E-state index in [2.05, 4.69) is 25.1 Å². The first-order valence-corrected chi connectivity index (χ1v) is 7.49. The summed E-state index contributed by atoms with van der Waals surface area (Å²) in [6, 6.07) is 14.1. The molecule has 0 radical (unpaired) electrons. The molecule has 1 aliphatic rings. The highest BCUT2D eigenvalue weighted by Gasteiger charge is 2.43. The number of nitrogens with zero attached hydrogens (tertiary/aromatic N) is 1. The van der Waals surface area contributed by atoms with Gasteiger partial charge in [-0.1, -0.05) is 29.8 Å². The molecule has 0 spiro atoms. The number of aryl methyl sites for hydroxylation is 1. The quantitative estimate of drug-likeness (QED) is 0.861. The lowest BCUT2D eigenvalue weighted by Gasteiger charge is -2.20. The van der Waals surface area contributed by atoms with Crippen LogP contribution in [-0.4, -0.2) is 13.0 Å². The van der Waals surface area contributed by atoms with Gasteiger partial charge in [-0.05, 0) is 50.1 Å². The molecule has 0 unspecified atom stereocenters. The highest BCUT2D eigenvalue weighted by molar-refractivity contribution is 6.07. The summed E-state index contributed by atoms with van der Waals surface area (Å²) in [6.07, 6.45) is 0. The van der Waals surface area contributed by atoms with Crippen molar-refractivity contribution in [1.29, 1.82) is 0 Å². The SMILES string of the molecule is COc1ccc(CN2C(=O)C(C)(C)c3cc(C)ccc32)cc1. The third-order valence-electron chi connectivity index (χ3n) is 4.40. The molecule has 1 aliphatic heterocycles. The summed E-state index contributed by atoms with van der Waals surface area (Å²) in [5.41, 5.74) is 3.96. The van der Waals surface area contributed by atoms with Gasteiger partial charge >= 0.3 is 0 Å². The summed E-state index contributed by atoms with van der Waals surface area (Å²) in [4.78, 5) is 14.7. The second-order valence-corrected chi connectivity index (χ2v) is 6.38. The normalized spacial score (nSPS) is 15.8. The van der Waals surface area contributed by atoms with Crippen molar-refractivity contribution in [3.63, 3.8) is 0 Å². The molecule has 0 fully saturated rings. The summed E-state index contributed by atoms with van der Waals surface area (Å²) in [5, 5.41) is 0. The van der Waals surface area contributed by atoms with Crippen LogP contribution in [0.5, 0.6) is 5.75 Å². The number of hydrogen-bond acceptors (Lipinski definition) is 2. The minimum atomic E-state index is -0.464. The van der Waals surface area contributed by atoms with Crippen LogP contribution in [0.4, 0.5) is 5.69 Å². The van der Waals surface area contributed by atoms with Crippen molar-refractivity contribution in [3.05, 3.63) is 59.2 Å². The molecule has 2 aromatic carbocycles. The van der Waals surface area contributed by atoms with Gasteiger partial charge in [0.05, 0.1) is 19.1 Å². The summed E-state index contributed by atoms with van der Waals surface area (Å²) in [5.74, 6) is 0.983. The lowest BCUT2D eigenvalue weighted by Crippen LogP contribution is -2.35. The highest BCUT2D eigenvalue weighted by Crippen LogP contribution is 2.42. The number of fused-ring (bicyclic) bond motifs is 1. The monoisotopic (exact) mass is 295 g/mol. The van der Waals surface area contributed by atoms with Crippen molar-refractivity contribution in [3.8, 4) is 5.75 Å². The molecule has 2 aromatic rings. The molecule has 114 valence electrons. The van der Waals surface area contributed by atoms with E-state index >= 15 is 0 Å². The van der Waals surface area contributed by atoms with Crippen LogP contribution in [0.2, 0.25) is 0 Å². The molecule has 0 aromatic heterocycles. The van der Waals surface area contributed by atoms with E-state index < -0.39 is 5.41 Å². The molecule has 0 saturated heterocycles. The molecule has 0 aliphatic carbocycles. The minimum absolute atomic E-state index is 0.156. The van der Waals surface area contributed by atoms with Gasteiger partial charge in [0.25, 0.3) is 0 Å². The van der Waals surface area contributed by atoms with E-state index in [9.17, 15) is 4.79 Å². The number of methoxy groups -OCH3 is 1. The van der Waals surface area contributed by atoms with E-state index in [0.717, 1.165) is 22.6 Å². The summed E-state index contributed by atoms with van der Waals surface area (Å²) in [7, 11) is 1.65. The maximum absolute atomic E-state index is 12.8. The Morgan fingerprint density at radius 1 is 1.09 bits per heavy atom. The standard InChI is InChI=1S/C19H21NO2/c1-13-5-10-17-16(11-13)19(2,3)18(21)20(17)12-14-6-8-15(22-4)9-7-14/h5-11H,12H2,1-4H3. The molecule has 3 heteroatoms. The van der Waals surface area contributed by atoms with Gasteiger partial charge in [-0.25, -0.2) is 0 Å². The maximum atomic E-state index is 12.8. The molecule has 0 saturated carbocycles. The van der Waals surface area contributed by atoms with Crippen LogP contribution < -0.4 is 9.64 Å². The zero-order chi connectivity index (χ0) is 15.9. The van der Waals surface area contributed by atoms with Crippen LogP contribution in [0.1, 0.15) is 30.5 Å². The Labute approximate surface area is 131 Å². The maximum Gasteiger partial charge on any atom is 0.237 e. The van der Waals surface area contributed by atoms with E-state index in [-0.39, 0.29) is 5.91 Å². The predicted molar refractivity (Wildman–Crippen MR) is 88.4 cm³/mol. The van der Waals surface area contributed by atoms with E-state index in [1.807, 2.05) is 43.0 Å². The first-order chi connectivity index (χ1) is 10.4. The fourth-order valence-corrected chi connectivity index (χ4v) is 3.02. The first kappa shape index (κ1) is 14.6. The second kappa shape index (κ2) is 5.16. The molecular weight excluding hydrogens is 274 g/mol. The fraction of sp³-hybridized carbons (Fsp3) is 0.316. The van der Waals surface area contributed by atoms with Crippen LogP contribution >= 0.6 is 0 Å². The Morgan fingerprint density at radius 3 is 2.41 bits per heavy atom. The Bertz CT molecular complexity index is 717. The average Bonchev–Trinajstić information content (AvgIpc) is 2.69. The minimum Gasteiger partial charge on any atom is -0.497 e. The van der Waals surface area contributed by atoms with Crippen LogP contribution in [0.3, 0.4) is 0 Å². The van der Waals surface area contributed by atoms with Gasteiger partial charge in [0.1, 0.15) is 5.75 Å². The zero-order valence-electron chi connectivity index (χ0n) is 13.5. The lowest BCUT2D eigenvalue weighted by molar-refractivity contribution is -0.122. The molecule has 1 heterocycles. The smallest absolute Gasteiger partial charge is 0.237 e. The topological polar surface area (TPSA) is 29.5 Å². The number of carbonyl (C=O) groups excluding carboxylic acids is 1. The Hall–Kier alpha value is -2.29. The van der Waals surface area contributed by atoms with Gasteiger partial charge in [0.15, 0.2) is 0 Å². The van der Waals surface area contributed by atoms with E-state index in [0.29, 0.717) is 6.54 Å². The Kier molecular flexibility index (Phi) is 3.44. The number of anilines is 1. The molecule has 3 rings (SSSR count). The van der Waals surface area contributed by atoms with Crippen molar-refractivity contribution >= 4 is 11.6 Å². The van der Waals surface area contributed by atoms with Crippen LogP contribution in [0.15, 0.2) is 42.5 Å². The summed E-state index contributed by atoms with van der Waals surface area (Å²) >= 11 is 0. The first-order valence-electron chi connectivity index (χ1n) is 7.49. The van der Waals surface area contributed by atoms with E-state index in [1.165, 1.54) is 5.56 Å². The van der Waals surface area contributed by atoms with Crippen molar-refractivity contribution < 1.29 is 9.53 Å². The Balaban J connectivity index is 1.96. The van der Waals surface area contributed by atoms with E-state index in [4.69, 9.17) is 4.74 Å². The predicted octanol–water partition coefficient (Wildman–Crippen LogP) is 3.83. The third-order valence-corrected chi connectivity index (χ3v) is 4.40. The van der Waals surface area contributed by atoms with Crippen LogP contribution in [-0.2, 0) is 16.8 Å². The summed E-state index contributed by atoms with van der Waals surface area (Å²) in [6.45, 7) is 6.65. The third kappa shape index (κ3) is 2.27. The van der Waals surface area contributed by atoms with Gasteiger partial charge in [-0.15, -0.1) is 0 Å². The number of rotatable bonds is 3. The average molecular weight is 295 g/mol. The van der Waals surface area contributed by atoms with E-state index in [1.54, 1.807) is 7.11 Å². The molecule has 1 amide bonds. The van der Waals surface area contributed by atoms with Gasteiger partial charge in [-0.2, -0.15) is 0 Å². The summed E-state index contributed by atoms with van der Waals surface area (Å²) < 4.78 is 5.18. The lowest BCUT2D eigenvalue weighted by atomic mass is 9.85. The second-order valence-electron chi connectivity index (χ2n) is 6.38. The van der Waals surface area contributed by atoms with Crippen molar-refractivity contribution in [2.45, 2.75) is 32.7 Å². The molecule has 3 nitrogen and oxygen atoms in total. The number of ether oxygens (including phenoxy) is 1. The molecule has 0 N–H and O–H groups in total. The van der Waals surface area contributed by atoms with Gasteiger partial charge < -0.3 is 9.64 Å². The van der Waals surface area contributed by atoms with Crippen molar-refractivity contribution in [1.82, 2.24) is 0 Å². The number of amides is 1. The van der Waals surface area contributed by atoms with Gasteiger partial charge in [-0.3, -0.25) is 4.79 Å². The molecule has 22 heavy (non-hydrogen) atoms. The van der Waals surface area contributed by atoms with Crippen LogP contribution in [0.25, 0.3) is 0 Å². The molecule has 0 bridgehead atoms. The molecular formula is C19H21NO2. The largest absolute Gasteiger partial charge is 0.497 e. The fourth-order valence-electron chi connectivity index (χ4n) is 3.02. The molecule has 0 atom stereocenters. The highest BCUT2D eigenvalue weighted by atomic mass is 16.5. The van der Waals surface area contributed by atoms with Crippen LogP contribution in [0, 0.1) is 6.92 Å². The van der Waals surface area contributed by atoms with Crippen molar-refractivity contribution in [2.24, 2.45) is 0 Å². The Morgan fingerprint density at radius 2 is 1.77 bits per heavy atom. The van der Waals surface area contributed by atoms with Gasteiger partial charge in [0.2, 0.25) is 5.91 Å². The number of benzene rings is 2.